The maximum absolute atomic E-state index is 4.37. The number of hydrogen-bond acceptors (Lipinski definition) is 3. The Morgan fingerprint density at radius 1 is 1.22 bits per heavy atom. The highest BCUT2D eigenvalue weighted by Crippen LogP contribution is 2.24. The fourth-order valence-corrected chi connectivity index (χ4v) is 3.00. The van der Waals surface area contributed by atoms with Crippen molar-refractivity contribution < 1.29 is 0 Å². The number of hydrogen-bond donors (Lipinski definition) is 2. The summed E-state index contributed by atoms with van der Waals surface area (Å²) in [7, 11) is 0. The van der Waals surface area contributed by atoms with E-state index in [4.69, 9.17) is 0 Å². The zero-order valence-corrected chi connectivity index (χ0v) is 15.7. The molecule has 1 unspecified atom stereocenters. The highest BCUT2D eigenvalue weighted by atomic mass is 14.9. The lowest BCUT2D eigenvalue weighted by atomic mass is 10.0. The summed E-state index contributed by atoms with van der Waals surface area (Å²) in [6, 6.07) is 10.1. The number of nitrogens with zero attached hydrogens (tertiary/aromatic N) is 2. The van der Waals surface area contributed by atoms with E-state index in [1.165, 1.54) is 0 Å². The van der Waals surface area contributed by atoms with Crippen LogP contribution in [-0.2, 0) is 6.42 Å². The van der Waals surface area contributed by atoms with Crippen LogP contribution >= 0.6 is 0 Å². The molecule has 0 saturated heterocycles. The Labute approximate surface area is 160 Å². The molecule has 0 aliphatic heterocycles. The van der Waals surface area contributed by atoms with Gasteiger partial charge in [-0.3, -0.25) is 4.98 Å². The van der Waals surface area contributed by atoms with E-state index < -0.39 is 0 Å². The second-order valence-electron chi connectivity index (χ2n) is 6.57. The second kappa shape index (κ2) is 9.64. The fourth-order valence-electron chi connectivity index (χ4n) is 3.00. The third-order valence-corrected chi connectivity index (χ3v) is 4.42. The SMILES string of the molecule is C=C/C=C(\C=C/C(C)CNCCc1ccccn1)c1ccnc2[nH]ccc12. The van der Waals surface area contributed by atoms with Crippen molar-refractivity contribution in [3.8, 4) is 0 Å². The van der Waals surface area contributed by atoms with Crippen molar-refractivity contribution in [3.63, 3.8) is 0 Å². The summed E-state index contributed by atoms with van der Waals surface area (Å²) in [6.45, 7) is 7.94. The van der Waals surface area contributed by atoms with Crippen LogP contribution in [0.1, 0.15) is 18.2 Å². The van der Waals surface area contributed by atoms with Gasteiger partial charge in [0.2, 0.25) is 0 Å². The summed E-state index contributed by atoms with van der Waals surface area (Å²) in [5.41, 5.74) is 4.32. The van der Waals surface area contributed by atoms with Gasteiger partial charge >= 0.3 is 0 Å². The number of rotatable bonds is 9. The van der Waals surface area contributed by atoms with Crippen LogP contribution in [0.5, 0.6) is 0 Å². The molecule has 0 spiro atoms. The molecule has 3 aromatic heterocycles. The van der Waals surface area contributed by atoms with Crippen molar-refractivity contribution in [3.05, 3.63) is 91.1 Å². The zero-order valence-electron chi connectivity index (χ0n) is 15.7. The van der Waals surface area contributed by atoms with Crippen LogP contribution in [0.15, 0.2) is 79.8 Å². The van der Waals surface area contributed by atoms with E-state index in [-0.39, 0.29) is 0 Å². The molecule has 0 amide bonds. The van der Waals surface area contributed by atoms with Gasteiger partial charge in [0, 0.05) is 49.2 Å². The Bertz CT molecular complexity index is 922. The molecule has 1 atom stereocenters. The molecule has 0 aliphatic rings. The molecule has 3 aromatic rings. The number of pyridine rings is 2. The Hall–Kier alpha value is -2.98. The number of fused-ring (bicyclic) bond motifs is 1. The van der Waals surface area contributed by atoms with Gasteiger partial charge in [0.05, 0.1) is 0 Å². The lowest BCUT2D eigenvalue weighted by Crippen LogP contribution is -2.22. The molecule has 4 nitrogen and oxygen atoms in total. The second-order valence-corrected chi connectivity index (χ2v) is 6.57. The first-order valence-electron chi connectivity index (χ1n) is 9.32. The van der Waals surface area contributed by atoms with Crippen LogP contribution < -0.4 is 5.32 Å². The van der Waals surface area contributed by atoms with E-state index in [2.05, 4.69) is 58.1 Å². The molecule has 0 fully saturated rings. The van der Waals surface area contributed by atoms with Crippen molar-refractivity contribution in [1.29, 1.82) is 0 Å². The average molecular weight is 358 g/mol. The third-order valence-electron chi connectivity index (χ3n) is 4.42. The lowest BCUT2D eigenvalue weighted by Gasteiger charge is -2.09. The number of aromatic nitrogens is 3. The van der Waals surface area contributed by atoms with Crippen molar-refractivity contribution in [1.82, 2.24) is 20.3 Å². The first-order valence-corrected chi connectivity index (χ1v) is 9.32. The van der Waals surface area contributed by atoms with E-state index in [0.29, 0.717) is 5.92 Å². The van der Waals surface area contributed by atoms with Crippen molar-refractivity contribution in [2.45, 2.75) is 13.3 Å². The maximum atomic E-state index is 4.37. The monoisotopic (exact) mass is 358 g/mol. The molecular weight excluding hydrogens is 332 g/mol. The average Bonchev–Trinajstić information content (AvgIpc) is 3.18. The largest absolute Gasteiger partial charge is 0.346 e. The van der Waals surface area contributed by atoms with E-state index in [0.717, 1.165) is 47.4 Å². The van der Waals surface area contributed by atoms with Crippen LogP contribution in [0.3, 0.4) is 0 Å². The van der Waals surface area contributed by atoms with Gasteiger partial charge in [0.25, 0.3) is 0 Å². The predicted octanol–water partition coefficient (Wildman–Crippen LogP) is 4.55. The summed E-state index contributed by atoms with van der Waals surface area (Å²) in [5, 5.41) is 4.63. The zero-order chi connectivity index (χ0) is 18.9. The molecule has 27 heavy (non-hydrogen) atoms. The van der Waals surface area contributed by atoms with E-state index in [1.807, 2.05) is 48.9 Å². The highest BCUT2D eigenvalue weighted by molar-refractivity contribution is 5.93. The first kappa shape index (κ1) is 18.8. The van der Waals surface area contributed by atoms with Gasteiger partial charge in [-0.15, -0.1) is 0 Å². The van der Waals surface area contributed by atoms with Gasteiger partial charge in [0.1, 0.15) is 5.65 Å². The molecule has 0 radical (unpaired) electrons. The summed E-state index contributed by atoms with van der Waals surface area (Å²) >= 11 is 0. The minimum atomic E-state index is 0.422. The Kier molecular flexibility index (Phi) is 6.72. The molecule has 0 aromatic carbocycles. The van der Waals surface area contributed by atoms with Gasteiger partial charge in [-0.05, 0) is 41.3 Å². The molecule has 2 N–H and O–H groups in total. The van der Waals surface area contributed by atoms with E-state index in [9.17, 15) is 0 Å². The minimum absolute atomic E-state index is 0.422. The van der Waals surface area contributed by atoms with E-state index >= 15 is 0 Å². The molecule has 138 valence electrons. The summed E-state index contributed by atoms with van der Waals surface area (Å²) in [5.74, 6) is 0.422. The third kappa shape index (κ3) is 5.25. The van der Waals surface area contributed by atoms with Crippen LogP contribution in [0, 0.1) is 5.92 Å². The molecule has 0 bridgehead atoms. The van der Waals surface area contributed by atoms with Crippen molar-refractivity contribution in [2.24, 2.45) is 5.92 Å². The summed E-state index contributed by atoms with van der Waals surface area (Å²) in [6.07, 6.45) is 14.8. The Balaban J connectivity index is 1.58. The molecule has 3 rings (SSSR count). The normalized spacial score (nSPS) is 13.3. The van der Waals surface area contributed by atoms with Crippen LogP contribution in [-0.4, -0.2) is 28.0 Å². The van der Waals surface area contributed by atoms with Crippen molar-refractivity contribution in [2.75, 3.05) is 13.1 Å². The van der Waals surface area contributed by atoms with Gasteiger partial charge in [-0.2, -0.15) is 0 Å². The minimum Gasteiger partial charge on any atom is -0.346 e. The molecule has 4 heteroatoms. The van der Waals surface area contributed by atoms with Gasteiger partial charge in [0.15, 0.2) is 0 Å². The van der Waals surface area contributed by atoms with Crippen molar-refractivity contribution >= 4 is 16.6 Å². The number of H-pyrrole nitrogens is 1. The summed E-state index contributed by atoms with van der Waals surface area (Å²) in [4.78, 5) is 11.9. The molecule has 0 aliphatic carbocycles. The van der Waals surface area contributed by atoms with Crippen LogP contribution in [0.2, 0.25) is 0 Å². The molecular formula is C23H26N4. The van der Waals surface area contributed by atoms with E-state index in [1.54, 1.807) is 0 Å². The number of allylic oxidation sites excluding steroid dienone is 4. The number of aromatic amines is 1. The van der Waals surface area contributed by atoms with Crippen LogP contribution in [0.25, 0.3) is 16.6 Å². The number of nitrogens with one attached hydrogen (secondary N) is 2. The Morgan fingerprint density at radius 2 is 2.15 bits per heavy atom. The Morgan fingerprint density at radius 3 is 2.96 bits per heavy atom. The highest BCUT2D eigenvalue weighted by Gasteiger charge is 2.06. The smallest absolute Gasteiger partial charge is 0.137 e. The maximum Gasteiger partial charge on any atom is 0.137 e. The quantitative estimate of drug-likeness (QED) is 0.436. The molecule has 3 heterocycles. The topological polar surface area (TPSA) is 53.6 Å². The summed E-state index contributed by atoms with van der Waals surface area (Å²) < 4.78 is 0. The van der Waals surface area contributed by atoms with Gasteiger partial charge in [-0.25, -0.2) is 4.98 Å². The standard InChI is InChI=1S/C23H26N4/c1-3-6-19(21-11-15-26-23-22(21)12-16-27-23)9-8-18(2)17-24-14-10-20-7-4-5-13-25-20/h3-9,11-13,15-16,18,24H,1,10,14,17H2,2H3,(H,26,27)/b9-8-,19-6+. The van der Waals surface area contributed by atoms with Crippen LogP contribution in [0.4, 0.5) is 0 Å². The van der Waals surface area contributed by atoms with Gasteiger partial charge in [-0.1, -0.05) is 43.9 Å². The first-order chi connectivity index (χ1) is 13.3. The van der Waals surface area contributed by atoms with Gasteiger partial charge < -0.3 is 10.3 Å². The molecule has 0 saturated carbocycles. The fraction of sp³-hybridized carbons (Fsp3) is 0.217. The predicted molar refractivity (Wildman–Crippen MR) is 113 cm³/mol. The lowest BCUT2D eigenvalue weighted by molar-refractivity contribution is 0.592.